The van der Waals surface area contributed by atoms with Gasteiger partial charge < -0.3 is 29.9 Å². The van der Waals surface area contributed by atoms with Crippen LogP contribution in [0.3, 0.4) is 0 Å². The minimum atomic E-state index is 0. The molecule has 0 radical (unpaired) electrons. The van der Waals surface area contributed by atoms with Crippen molar-refractivity contribution in [1.82, 2.24) is 20.5 Å². The van der Waals surface area contributed by atoms with Crippen LogP contribution in [0.5, 0.6) is 11.5 Å². The molecule has 0 saturated carbocycles. The van der Waals surface area contributed by atoms with E-state index < -0.39 is 0 Å². The molecule has 2 heterocycles. The Bertz CT molecular complexity index is 854. The summed E-state index contributed by atoms with van der Waals surface area (Å²) in [5.74, 6) is 3.24. The van der Waals surface area contributed by atoms with Crippen molar-refractivity contribution in [1.29, 1.82) is 0 Å². The number of nitrogens with one attached hydrogen (secondary N) is 2. The van der Waals surface area contributed by atoms with Gasteiger partial charge in [0.15, 0.2) is 17.5 Å². The van der Waals surface area contributed by atoms with E-state index in [0.717, 1.165) is 67.1 Å². The van der Waals surface area contributed by atoms with Crippen LogP contribution < -0.4 is 25.0 Å². The van der Waals surface area contributed by atoms with Crippen LogP contribution in [0.25, 0.3) is 0 Å². The number of methoxy groups -OCH3 is 2. The first-order valence-corrected chi connectivity index (χ1v) is 10.7. The Hall–Kier alpha value is -2.27. The van der Waals surface area contributed by atoms with E-state index in [0.29, 0.717) is 13.1 Å². The van der Waals surface area contributed by atoms with E-state index in [1.54, 1.807) is 14.2 Å². The summed E-state index contributed by atoms with van der Waals surface area (Å²) < 4.78 is 10.7. The topological polar surface area (TPSA) is 74.3 Å². The number of benzene rings is 1. The summed E-state index contributed by atoms with van der Waals surface area (Å²) in [6.07, 6.45) is 1.93. The van der Waals surface area contributed by atoms with Crippen molar-refractivity contribution in [3.63, 3.8) is 0 Å². The van der Waals surface area contributed by atoms with Gasteiger partial charge in [0, 0.05) is 45.5 Å². The first-order valence-electron chi connectivity index (χ1n) is 10.7. The molecule has 9 heteroatoms. The van der Waals surface area contributed by atoms with Crippen molar-refractivity contribution in [2.24, 2.45) is 4.99 Å². The monoisotopic (exact) mass is 554 g/mol. The fraction of sp³-hybridized carbons (Fsp3) is 0.478. The number of rotatable bonds is 8. The molecule has 0 spiro atoms. The van der Waals surface area contributed by atoms with E-state index in [1.807, 2.05) is 24.4 Å². The Labute approximate surface area is 208 Å². The summed E-state index contributed by atoms with van der Waals surface area (Å²) >= 11 is 0. The molecule has 1 aromatic heterocycles. The molecular weight excluding hydrogens is 519 g/mol. The van der Waals surface area contributed by atoms with Gasteiger partial charge in [-0.2, -0.15) is 0 Å². The molecule has 1 aliphatic rings. The highest BCUT2D eigenvalue weighted by atomic mass is 127. The Kier molecular flexibility index (Phi) is 10.8. The van der Waals surface area contributed by atoms with Crippen molar-refractivity contribution in [2.75, 3.05) is 58.9 Å². The number of aromatic nitrogens is 1. The van der Waals surface area contributed by atoms with E-state index in [-0.39, 0.29) is 24.0 Å². The second-order valence-electron chi connectivity index (χ2n) is 7.55. The van der Waals surface area contributed by atoms with Crippen LogP contribution in [0.15, 0.2) is 41.5 Å². The van der Waals surface area contributed by atoms with E-state index in [4.69, 9.17) is 14.5 Å². The Morgan fingerprint density at radius 3 is 2.34 bits per heavy atom. The lowest BCUT2D eigenvalue weighted by Crippen LogP contribution is -2.44. The van der Waals surface area contributed by atoms with Crippen LogP contribution in [0.4, 0.5) is 5.82 Å². The number of piperazine rings is 1. The average molecular weight is 554 g/mol. The van der Waals surface area contributed by atoms with Crippen LogP contribution in [-0.4, -0.2) is 69.8 Å². The fourth-order valence-corrected chi connectivity index (χ4v) is 3.42. The number of pyridine rings is 1. The van der Waals surface area contributed by atoms with Gasteiger partial charge in [0.25, 0.3) is 0 Å². The second-order valence-corrected chi connectivity index (χ2v) is 7.55. The lowest BCUT2D eigenvalue weighted by Gasteiger charge is -2.33. The molecular formula is C23H35IN6O2. The first-order chi connectivity index (χ1) is 15.1. The van der Waals surface area contributed by atoms with Crippen molar-refractivity contribution < 1.29 is 9.47 Å². The number of nitrogens with zero attached hydrogens (tertiary/aromatic N) is 4. The smallest absolute Gasteiger partial charge is 0.191 e. The first kappa shape index (κ1) is 26.0. The Balaban J connectivity index is 0.00000363. The number of guanidine groups is 1. The number of ether oxygens (including phenoxy) is 2. The number of likely N-dealkylation sites (N-methyl/N-ethyl adjacent to an activating group) is 1. The van der Waals surface area contributed by atoms with Crippen LogP contribution in [0.2, 0.25) is 0 Å². The third-order valence-electron chi connectivity index (χ3n) is 5.31. The van der Waals surface area contributed by atoms with Crippen LogP contribution in [-0.2, 0) is 13.1 Å². The highest BCUT2D eigenvalue weighted by molar-refractivity contribution is 14.0. The summed E-state index contributed by atoms with van der Waals surface area (Å²) in [5.41, 5.74) is 2.17. The van der Waals surface area contributed by atoms with Gasteiger partial charge in [-0.1, -0.05) is 12.1 Å². The summed E-state index contributed by atoms with van der Waals surface area (Å²) in [4.78, 5) is 14.0. The Morgan fingerprint density at radius 1 is 1.00 bits per heavy atom. The summed E-state index contributed by atoms with van der Waals surface area (Å²) in [5, 5.41) is 6.66. The standard InChI is InChI=1S/C23H34N6O2.HI/c1-5-24-23(26-15-18-6-8-20(30-3)21(14-18)31-4)27-17-19-7-9-22(25-16-19)29-12-10-28(2)11-13-29;/h6-9,14,16H,5,10-13,15,17H2,1-4H3,(H2,24,26,27);1H. The fourth-order valence-electron chi connectivity index (χ4n) is 3.42. The average Bonchev–Trinajstić information content (AvgIpc) is 2.81. The lowest BCUT2D eigenvalue weighted by molar-refractivity contribution is 0.312. The van der Waals surface area contributed by atoms with Gasteiger partial charge in [0.05, 0.1) is 20.8 Å². The molecule has 0 aliphatic carbocycles. The highest BCUT2D eigenvalue weighted by Gasteiger charge is 2.14. The summed E-state index contributed by atoms with van der Waals surface area (Å²) in [6.45, 7) is 8.23. The normalized spacial score (nSPS) is 14.5. The van der Waals surface area contributed by atoms with Gasteiger partial charge in [-0.3, -0.25) is 0 Å². The second kappa shape index (κ2) is 13.3. The Morgan fingerprint density at radius 2 is 1.72 bits per heavy atom. The lowest BCUT2D eigenvalue weighted by atomic mass is 10.2. The zero-order valence-electron chi connectivity index (χ0n) is 19.4. The van der Waals surface area contributed by atoms with Crippen molar-refractivity contribution in [3.8, 4) is 11.5 Å². The molecule has 0 unspecified atom stereocenters. The molecule has 0 atom stereocenters. The minimum absolute atomic E-state index is 0. The minimum Gasteiger partial charge on any atom is -0.493 e. The predicted molar refractivity (Wildman–Crippen MR) is 141 cm³/mol. The van der Waals surface area contributed by atoms with E-state index >= 15 is 0 Å². The van der Waals surface area contributed by atoms with Crippen molar-refractivity contribution in [2.45, 2.75) is 20.0 Å². The molecule has 0 amide bonds. The summed E-state index contributed by atoms with van der Waals surface area (Å²) in [6, 6.07) is 10.1. The van der Waals surface area contributed by atoms with Gasteiger partial charge in [-0.25, -0.2) is 9.98 Å². The molecule has 32 heavy (non-hydrogen) atoms. The van der Waals surface area contributed by atoms with Gasteiger partial charge in [-0.15, -0.1) is 24.0 Å². The maximum absolute atomic E-state index is 5.38. The SMILES string of the molecule is CCNC(=NCc1ccc(N2CCN(C)CC2)nc1)NCc1ccc(OC)c(OC)c1.I. The van der Waals surface area contributed by atoms with Crippen LogP contribution in [0, 0.1) is 0 Å². The quantitative estimate of drug-likeness (QED) is 0.296. The molecule has 3 rings (SSSR count). The molecule has 1 saturated heterocycles. The van der Waals surface area contributed by atoms with E-state index in [1.165, 1.54) is 0 Å². The maximum Gasteiger partial charge on any atom is 0.191 e. The highest BCUT2D eigenvalue weighted by Crippen LogP contribution is 2.27. The molecule has 8 nitrogen and oxygen atoms in total. The van der Waals surface area contributed by atoms with Crippen LogP contribution >= 0.6 is 24.0 Å². The molecule has 2 N–H and O–H groups in total. The number of aliphatic imine (C=N–C) groups is 1. The maximum atomic E-state index is 5.38. The van der Waals surface area contributed by atoms with Crippen LogP contribution in [0.1, 0.15) is 18.1 Å². The van der Waals surface area contributed by atoms with E-state index in [9.17, 15) is 0 Å². The van der Waals surface area contributed by atoms with Gasteiger partial charge >= 0.3 is 0 Å². The molecule has 0 bridgehead atoms. The molecule has 176 valence electrons. The van der Waals surface area contributed by atoms with Gasteiger partial charge in [0.2, 0.25) is 0 Å². The van der Waals surface area contributed by atoms with E-state index in [2.05, 4.69) is 51.5 Å². The van der Waals surface area contributed by atoms with Crippen molar-refractivity contribution in [3.05, 3.63) is 47.7 Å². The summed E-state index contributed by atoms with van der Waals surface area (Å²) in [7, 11) is 5.44. The number of hydrogen-bond acceptors (Lipinski definition) is 6. The third kappa shape index (κ3) is 7.40. The zero-order valence-corrected chi connectivity index (χ0v) is 21.8. The predicted octanol–water partition coefficient (Wildman–Crippen LogP) is 2.72. The van der Waals surface area contributed by atoms with Crippen molar-refractivity contribution >= 4 is 35.8 Å². The van der Waals surface area contributed by atoms with Gasteiger partial charge in [-0.05, 0) is 43.3 Å². The molecule has 2 aromatic rings. The molecule has 1 aliphatic heterocycles. The largest absolute Gasteiger partial charge is 0.493 e. The number of hydrogen-bond donors (Lipinski definition) is 2. The third-order valence-corrected chi connectivity index (χ3v) is 5.31. The number of halogens is 1. The molecule has 1 fully saturated rings. The number of anilines is 1. The zero-order chi connectivity index (χ0) is 22.1. The molecule has 1 aromatic carbocycles. The van der Waals surface area contributed by atoms with Gasteiger partial charge in [0.1, 0.15) is 5.82 Å².